The molecule has 0 spiro atoms. The Hall–Kier alpha value is -3.65. The number of halogens is 3. The molecule has 1 atom stereocenters. The van der Waals surface area contributed by atoms with Gasteiger partial charge in [0.25, 0.3) is 0 Å². The number of aliphatic carboxylic acids is 1. The van der Waals surface area contributed by atoms with Crippen LogP contribution < -0.4 is 16.0 Å². The van der Waals surface area contributed by atoms with Crippen LogP contribution in [0.15, 0.2) is 60.7 Å². The maximum atomic E-state index is 14.2. The molecule has 3 aromatic rings. The van der Waals surface area contributed by atoms with Gasteiger partial charge in [0.1, 0.15) is 5.66 Å². The van der Waals surface area contributed by atoms with Crippen molar-refractivity contribution in [2.75, 3.05) is 16.0 Å². The van der Waals surface area contributed by atoms with Crippen LogP contribution in [0.25, 0.3) is 0 Å². The summed E-state index contributed by atoms with van der Waals surface area (Å²) in [7, 11) is 0. The number of carboxylic acid groups (broad SMARTS) is 1. The maximum Gasteiger partial charge on any atom is 0.303 e. The molecule has 3 aromatic carbocycles. The van der Waals surface area contributed by atoms with E-state index in [0.717, 1.165) is 55.4 Å². The van der Waals surface area contributed by atoms with Crippen molar-refractivity contribution in [2.45, 2.75) is 50.6 Å². The molecule has 0 aromatic heterocycles. The average molecular weight is 554 g/mol. The highest BCUT2D eigenvalue weighted by molar-refractivity contribution is 6.30. The van der Waals surface area contributed by atoms with Crippen LogP contribution in [0.4, 0.5) is 25.8 Å². The molecular weight excluding hydrogens is 524 g/mol. The molecule has 39 heavy (non-hydrogen) atoms. The van der Waals surface area contributed by atoms with Crippen LogP contribution in [0.5, 0.6) is 0 Å². The largest absolute Gasteiger partial charge is 0.481 e. The zero-order valence-electron chi connectivity index (χ0n) is 21.3. The number of carbonyl (C=O) groups is 2. The second-order valence-corrected chi connectivity index (χ2v) is 10.8. The van der Waals surface area contributed by atoms with Crippen LogP contribution in [-0.4, -0.2) is 17.0 Å². The predicted molar refractivity (Wildman–Crippen MR) is 148 cm³/mol. The Labute approximate surface area is 230 Å². The van der Waals surface area contributed by atoms with E-state index in [2.05, 4.69) is 16.0 Å². The summed E-state index contributed by atoms with van der Waals surface area (Å²) in [5.41, 5.74) is 1.73. The van der Waals surface area contributed by atoms with Gasteiger partial charge in [-0.25, -0.2) is 8.78 Å². The van der Waals surface area contributed by atoms with Gasteiger partial charge in [0.2, 0.25) is 5.91 Å². The molecule has 1 amide bonds. The fourth-order valence-electron chi connectivity index (χ4n) is 5.86. The van der Waals surface area contributed by atoms with Crippen LogP contribution >= 0.6 is 11.6 Å². The Morgan fingerprint density at radius 2 is 1.54 bits per heavy atom. The number of fused-ring (bicyclic) bond motifs is 1. The zero-order chi connectivity index (χ0) is 27.6. The molecule has 1 heterocycles. The van der Waals surface area contributed by atoms with E-state index in [4.69, 9.17) is 16.7 Å². The summed E-state index contributed by atoms with van der Waals surface area (Å²) >= 11 is 6.19. The summed E-state index contributed by atoms with van der Waals surface area (Å²) in [6.07, 6.45) is 5.16. The lowest BCUT2D eigenvalue weighted by molar-refractivity contribution is -0.137. The average Bonchev–Trinajstić information content (AvgIpc) is 3.28. The van der Waals surface area contributed by atoms with E-state index in [1.165, 1.54) is 0 Å². The molecule has 0 bridgehead atoms. The van der Waals surface area contributed by atoms with Gasteiger partial charge in [0.05, 0.1) is 17.3 Å². The normalized spacial score (nSPS) is 17.0. The Morgan fingerprint density at radius 1 is 0.949 bits per heavy atom. The van der Waals surface area contributed by atoms with E-state index in [1.54, 1.807) is 36.4 Å². The first kappa shape index (κ1) is 26.9. The number of hydrogen-bond acceptors (Lipinski definition) is 4. The molecule has 9 heteroatoms. The van der Waals surface area contributed by atoms with E-state index in [0.29, 0.717) is 28.5 Å². The van der Waals surface area contributed by atoms with Crippen molar-refractivity contribution in [2.24, 2.45) is 11.8 Å². The lowest BCUT2D eigenvalue weighted by Gasteiger charge is -2.43. The van der Waals surface area contributed by atoms with Crippen LogP contribution in [-0.2, 0) is 21.7 Å². The number of benzene rings is 3. The summed E-state index contributed by atoms with van der Waals surface area (Å²) in [6, 6.07) is 16.5. The summed E-state index contributed by atoms with van der Waals surface area (Å²) < 4.78 is 28.5. The molecule has 1 saturated carbocycles. The smallest absolute Gasteiger partial charge is 0.303 e. The van der Waals surface area contributed by atoms with Crippen molar-refractivity contribution < 1.29 is 23.5 Å². The van der Waals surface area contributed by atoms with Crippen molar-refractivity contribution in [3.8, 4) is 0 Å². The highest BCUT2D eigenvalue weighted by atomic mass is 35.5. The fraction of sp³-hybridized carbons (Fsp3) is 0.333. The first-order chi connectivity index (χ1) is 18.7. The lowest BCUT2D eigenvalue weighted by atomic mass is 9.71. The van der Waals surface area contributed by atoms with Crippen LogP contribution in [0.1, 0.15) is 49.7 Å². The van der Waals surface area contributed by atoms with Crippen molar-refractivity contribution in [3.05, 3.63) is 88.4 Å². The van der Waals surface area contributed by atoms with E-state index in [9.17, 15) is 18.4 Å². The third-order valence-corrected chi connectivity index (χ3v) is 7.99. The van der Waals surface area contributed by atoms with Gasteiger partial charge in [0.15, 0.2) is 11.6 Å². The highest BCUT2D eigenvalue weighted by Crippen LogP contribution is 2.49. The van der Waals surface area contributed by atoms with Crippen LogP contribution in [0, 0.1) is 23.5 Å². The van der Waals surface area contributed by atoms with Gasteiger partial charge in [-0.15, -0.1) is 0 Å². The minimum absolute atomic E-state index is 0.00623. The highest BCUT2D eigenvalue weighted by Gasteiger charge is 2.52. The number of hydrogen-bond donors (Lipinski definition) is 4. The van der Waals surface area contributed by atoms with E-state index < -0.39 is 29.2 Å². The first-order valence-corrected chi connectivity index (χ1v) is 13.6. The molecule has 1 fully saturated rings. The quantitative estimate of drug-likeness (QED) is 0.237. The minimum Gasteiger partial charge on any atom is -0.481 e. The summed E-state index contributed by atoms with van der Waals surface area (Å²) in [6.45, 7) is 0. The topological polar surface area (TPSA) is 90.5 Å². The zero-order valence-corrected chi connectivity index (χ0v) is 22.0. The molecule has 1 unspecified atom stereocenters. The molecule has 2 aliphatic rings. The van der Waals surface area contributed by atoms with Gasteiger partial charge in [-0.05, 0) is 60.6 Å². The van der Waals surface area contributed by atoms with Gasteiger partial charge >= 0.3 is 5.97 Å². The first-order valence-electron chi connectivity index (χ1n) is 13.2. The number of carbonyl (C=O) groups excluding carboxylic acids is 1. The minimum atomic E-state index is -1.18. The van der Waals surface area contributed by atoms with E-state index in [1.807, 2.05) is 12.1 Å². The Kier molecular flexibility index (Phi) is 7.75. The van der Waals surface area contributed by atoms with Gasteiger partial charge in [-0.2, -0.15) is 0 Å². The fourth-order valence-corrected chi connectivity index (χ4v) is 5.99. The summed E-state index contributed by atoms with van der Waals surface area (Å²) in [4.78, 5) is 25.1. The van der Waals surface area contributed by atoms with Gasteiger partial charge in [-0.1, -0.05) is 55.1 Å². The molecule has 0 saturated heterocycles. The number of amides is 1. The molecule has 204 valence electrons. The van der Waals surface area contributed by atoms with Crippen molar-refractivity contribution in [1.82, 2.24) is 0 Å². The number of aryl methyl sites for hydroxylation is 1. The van der Waals surface area contributed by atoms with Crippen molar-refractivity contribution in [1.29, 1.82) is 0 Å². The molecule has 1 aliphatic carbocycles. The molecule has 0 radical (unpaired) electrons. The summed E-state index contributed by atoms with van der Waals surface area (Å²) in [5, 5.41) is 19.3. The van der Waals surface area contributed by atoms with Crippen LogP contribution in [0.2, 0.25) is 5.02 Å². The number of anilines is 3. The predicted octanol–water partition coefficient (Wildman–Crippen LogP) is 7.16. The van der Waals surface area contributed by atoms with Gasteiger partial charge < -0.3 is 21.1 Å². The SMILES string of the molecule is O=C(O)CCc1ccc(NC(=O)C(C2CCCCC2)C2(c3ccc(Cl)cc3)Nc3cc(F)c(F)cc3N2)cc1. The van der Waals surface area contributed by atoms with Gasteiger partial charge in [-0.3, -0.25) is 9.59 Å². The Balaban J connectivity index is 1.52. The second-order valence-electron chi connectivity index (χ2n) is 10.3. The molecular formula is C30H30ClF2N3O3. The standard InChI is InChI=1S/C30H30ClF2N3O3/c31-21-11-9-20(10-12-21)30(35-25-16-23(32)24(33)17-26(25)36-30)28(19-4-2-1-3-5-19)29(39)34-22-13-6-18(7-14-22)8-15-27(37)38/h6-7,9-14,16-17,19,28,35-36H,1-5,8,15H2,(H,34,39)(H,37,38). The number of carboxylic acids is 1. The van der Waals surface area contributed by atoms with E-state index in [-0.39, 0.29) is 18.2 Å². The molecule has 5 rings (SSSR count). The molecule has 4 N–H and O–H groups in total. The third-order valence-electron chi connectivity index (χ3n) is 7.74. The lowest BCUT2D eigenvalue weighted by Crippen LogP contribution is -2.54. The van der Waals surface area contributed by atoms with Crippen molar-refractivity contribution in [3.63, 3.8) is 0 Å². The Morgan fingerprint density at radius 3 is 2.10 bits per heavy atom. The van der Waals surface area contributed by atoms with Crippen LogP contribution in [0.3, 0.4) is 0 Å². The number of nitrogens with one attached hydrogen (secondary N) is 3. The maximum absolute atomic E-state index is 14.2. The third kappa shape index (κ3) is 5.71. The van der Waals surface area contributed by atoms with E-state index >= 15 is 0 Å². The molecule has 6 nitrogen and oxygen atoms in total. The second kappa shape index (κ2) is 11.2. The number of rotatable bonds is 8. The monoisotopic (exact) mass is 553 g/mol. The van der Waals surface area contributed by atoms with Gasteiger partial charge in [0, 0.05) is 29.3 Å². The molecule has 1 aliphatic heterocycles. The van der Waals surface area contributed by atoms with Crippen molar-refractivity contribution >= 4 is 40.5 Å². The Bertz CT molecular complexity index is 1330. The summed E-state index contributed by atoms with van der Waals surface area (Å²) in [5.74, 6) is -3.71.